The van der Waals surface area contributed by atoms with Crippen molar-refractivity contribution in [1.29, 1.82) is 0 Å². The van der Waals surface area contributed by atoms with Crippen molar-refractivity contribution in [3.8, 4) is 0 Å². The molecule has 1 saturated heterocycles. The minimum atomic E-state index is -0.340. The number of rotatable bonds is 4. The maximum Gasteiger partial charge on any atom is 0.241 e. The number of hydrogen-bond donors (Lipinski definition) is 2. The molecule has 0 aromatic heterocycles. The van der Waals surface area contributed by atoms with Gasteiger partial charge in [0.25, 0.3) is 0 Å². The number of carbonyl (C=O) groups is 2. The van der Waals surface area contributed by atoms with E-state index >= 15 is 0 Å². The molecule has 0 spiro atoms. The normalized spacial score (nSPS) is 18.0. The standard InChI is InChI=1S/C16H22FN3O2/c1-10-3-4-13(9-14(10)17)19-16(22)11(2)20-7-5-12(6-8-20)15(18)21/h3-4,9,11-12H,5-8H2,1-2H3,(H2,18,21)(H,19,22)/t11-/m1/s1. The topological polar surface area (TPSA) is 75.4 Å². The van der Waals surface area contributed by atoms with Gasteiger partial charge in [0.15, 0.2) is 0 Å². The van der Waals surface area contributed by atoms with Gasteiger partial charge in [-0.25, -0.2) is 4.39 Å². The predicted molar refractivity (Wildman–Crippen MR) is 82.7 cm³/mol. The predicted octanol–water partition coefficient (Wildman–Crippen LogP) is 1.66. The lowest BCUT2D eigenvalue weighted by molar-refractivity contribution is -0.124. The lowest BCUT2D eigenvalue weighted by Crippen LogP contribution is -2.47. The second kappa shape index (κ2) is 6.87. The van der Waals surface area contributed by atoms with E-state index in [1.165, 1.54) is 6.07 Å². The number of aryl methyl sites for hydroxylation is 1. The monoisotopic (exact) mass is 307 g/mol. The summed E-state index contributed by atoms with van der Waals surface area (Å²) in [6.45, 7) is 4.80. The number of primary amides is 1. The molecule has 2 amide bonds. The van der Waals surface area contributed by atoms with Gasteiger partial charge in [0.05, 0.1) is 6.04 Å². The van der Waals surface area contributed by atoms with Crippen molar-refractivity contribution in [3.63, 3.8) is 0 Å². The minimum Gasteiger partial charge on any atom is -0.369 e. The fourth-order valence-corrected chi connectivity index (χ4v) is 2.65. The summed E-state index contributed by atoms with van der Waals surface area (Å²) in [4.78, 5) is 25.4. The van der Waals surface area contributed by atoms with E-state index in [0.717, 1.165) is 0 Å². The van der Waals surface area contributed by atoms with E-state index < -0.39 is 0 Å². The molecule has 0 aliphatic carbocycles. The third kappa shape index (κ3) is 3.82. The highest BCUT2D eigenvalue weighted by Crippen LogP contribution is 2.20. The lowest BCUT2D eigenvalue weighted by Gasteiger charge is -2.34. The molecule has 6 heteroatoms. The van der Waals surface area contributed by atoms with Gasteiger partial charge in [-0.15, -0.1) is 0 Å². The van der Waals surface area contributed by atoms with Crippen LogP contribution < -0.4 is 11.1 Å². The molecule has 0 bridgehead atoms. The number of hydrogen-bond acceptors (Lipinski definition) is 3. The number of carbonyl (C=O) groups excluding carboxylic acids is 2. The van der Waals surface area contributed by atoms with E-state index in [4.69, 9.17) is 5.73 Å². The van der Waals surface area contributed by atoms with Gasteiger partial charge in [-0.2, -0.15) is 0 Å². The lowest BCUT2D eigenvalue weighted by atomic mass is 9.95. The molecule has 1 aliphatic heterocycles. The van der Waals surface area contributed by atoms with E-state index in [9.17, 15) is 14.0 Å². The molecule has 1 fully saturated rings. The van der Waals surface area contributed by atoms with Crippen LogP contribution >= 0.6 is 0 Å². The number of likely N-dealkylation sites (tertiary alicyclic amines) is 1. The first-order valence-electron chi connectivity index (χ1n) is 7.49. The molecule has 1 aromatic rings. The fourth-order valence-electron chi connectivity index (χ4n) is 2.65. The molecule has 0 saturated carbocycles. The number of amides is 2. The van der Waals surface area contributed by atoms with Crippen molar-refractivity contribution in [2.24, 2.45) is 11.7 Å². The Morgan fingerprint density at radius 3 is 2.55 bits per heavy atom. The van der Waals surface area contributed by atoms with Crippen LogP contribution in [0.2, 0.25) is 0 Å². The SMILES string of the molecule is Cc1ccc(NC(=O)[C@@H](C)N2CCC(C(N)=O)CC2)cc1F. The van der Waals surface area contributed by atoms with Crippen molar-refractivity contribution in [3.05, 3.63) is 29.6 Å². The molecule has 0 radical (unpaired) electrons. The van der Waals surface area contributed by atoms with E-state index in [0.29, 0.717) is 37.2 Å². The maximum absolute atomic E-state index is 13.5. The minimum absolute atomic E-state index is 0.0993. The van der Waals surface area contributed by atoms with E-state index in [1.807, 2.05) is 11.8 Å². The summed E-state index contributed by atoms with van der Waals surface area (Å²) in [5.41, 5.74) is 6.30. The van der Waals surface area contributed by atoms with E-state index in [2.05, 4.69) is 5.32 Å². The molecule has 0 unspecified atom stereocenters. The number of piperidine rings is 1. The quantitative estimate of drug-likeness (QED) is 0.888. The van der Waals surface area contributed by atoms with Gasteiger partial charge in [-0.3, -0.25) is 14.5 Å². The van der Waals surface area contributed by atoms with Crippen LogP contribution in [0.25, 0.3) is 0 Å². The first kappa shape index (κ1) is 16.4. The molecule has 1 heterocycles. The van der Waals surface area contributed by atoms with Gasteiger partial charge in [0, 0.05) is 11.6 Å². The van der Waals surface area contributed by atoms with Crippen LogP contribution in [-0.2, 0) is 9.59 Å². The summed E-state index contributed by atoms with van der Waals surface area (Å²) in [7, 11) is 0. The highest BCUT2D eigenvalue weighted by molar-refractivity contribution is 5.94. The Balaban J connectivity index is 1.92. The number of halogens is 1. The second-order valence-electron chi connectivity index (χ2n) is 5.84. The first-order valence-corrected chi connectivity index (χ1v) is 7.49. The van der Waals surface area contributed by atoms with Gasteiger partial charge in [-0.05, 0) is 57.5 Å². The maximum atomic E-state index is 13.5. The van der Waals surface area contributed by atoms with Gasteiger partial charge in [-0.1, -0.05) is 6.07 Å². The molecule has 1 atom stereocenters. The Kier molecular flexibility index (Phi) is 5.13. The van der Waals surface area contributed by atoms with Gasteiger partial charge >= 0.3 is 0 Å². The summed E-state index contributed by atoms with van der Waals surface area (Å²) < 4.78 is 13.5. The van der Waals surface area contributed by atoms with Crippen molar-refractivity contribution in [1.82, 2.24) is 4.90 Å². The second-order valence-corrected chi connectivity index (χ2v) is 5.84. The Morgan fingerprint density at radius 2 is 2.00 bits per heavy atom. The van der Waals surface area contributed by atoms with Crippen LogP contribution in [0.15, 0.2) is 18.2 Å². The van der Waals surface area contributed by atoms with Crippen LogP contribution in [0.1, 0.15) is 25.3 Å². The van der Waals surface area contributed by atoms with Gasteiger partial charge < -0.3 is 11.1 Å². The molecule has 22 heavy (non-hydrogen) atoms. The van der Waals surface area contributed by atoms with Crippen LogP contribution in [0.3, 0.4) is 0 Å². The van der Waals surface area contributed by atoms with Crippen LogP contribution in [0, 0.1) is 18.7 Å². The first-order chi connectivity index (χ1) is 10.4. The van der Waals surface area contributed by atoms with Crippen LogP contribution in [-0.4, -0.2) is 35.8 Å². The Morgan fingerprint density at radius 1 is 1.36 bits per heavy atom. The molecule has 1 aromatic carbocycles. The zero-order chi connectivity index (χ0) is 16.3. The van der Waals surface area contributed by atoms with Crippen molar-refractivity contribution >= 4 is 17.5 Å². The van der Waals surface area contributed by atoms with Gasteiger partial charge in [0.1, 0.15) is 5.82 Å². The average Bonchev–Trinajstić information content (AvgIpc) is 2.50. The summed E-state index contributed by atoms with van der Waals surface area (Å²) in [5.74, 6) is -0.891. The smallest absolute Gasteiger partial charge is 0.241 e. The van der Waals surface area contributed by atoms with Crippen molar-refractivity contribution in [2.45, 2.75) is 32.7 Å². The largest absolute Gasteiger partial charge is 0.369 e. The Hall–Kier alpha value is -1.95. The third-order valence-electron chi connectivity index (χ3n) is 4.30. The summed E-state index contributed by atoms with van der Waals surface area (Å²) in [6, 6.07) is 4.30. The molecule has 5 nitrogen and oxygen atoms in total. The molecule has 120 valence electrons. The highest BCUT2D eigenvalue weighted by Gasteiger charge is 2.28. The zero-order valence-electron chi connectivity index (χ0n) is 12.9. The summed E-state index contributed by atoms with van der Waals surface area (Å²) >= 11 is 0. The van der Waals surface area contributed by atoms with Crippen LogP contribution in [0.5, 0.6) is 0 Å². The van der Waals surface area contributed by atoms with Crippen LogP contribution in [0.4, 0.5) is 10.1 Å². The molecular formula is C16H22FN3O2. The molecule has 1 aliphatic rings. The number of nitrogens with one attached hydrogen (secondary N) is 1. The van der Waals surface area contributed by atoms with Gasteiger partial charge in [0.2, 0.25) is 11.8 Å². The number of benzene rings is 1. The van der Waals surface area contributed by atoms with Crippen molar-refractivity contribution in [2.75, 3.05) is 18.4 Å². The molecule has 3 N–H and O–H groups in total. The number of nitrogens with two attached hydrogens (primary N) is 1. The average molecular weight is 307 g/mol. The zero-order valence-corrected chi connectivity index (χ0v) is 12.9. The Bertz CT molecular complexity index is 569. The highest BCUT2D eigenvalue weighted by atomic mass is 19.1. The van der Waals surface area contributed by atoms with E-state index in [1.54, 1.807) is 19.1 Å². The van der Waals surface area contributed by atoms with E-state index in [-0.39, 0.29) is 29.6 Å². The summed E-state index contributed by atoms with van der Waals surface area (Å²) in [5, 5.41) is 2.73. The van der Waals surface area contributed by atoms with Crippen molar-refractivity contribution < 1.29 is 14.0 Å². The molecule has 2 rings (SSSR count). The molecular weight excluding hydrogens is 285 g/mol. The third-order valence-corrected chi connectivity index (χ3v) is 4.30. The Labute approximate surface area is 129 Å². The number of nitrogens with zero attached hydrogens (tertiary/aromatic N) is 1. The summed E-state index contributed by atoms with van der Waals surface area (Å²) in [6.07, 6.45) is 1.35. The fraction of sp³-hybridized carbons (Fsp3) is 0.500. The number of anilines is 1.